The monoisotopic (exact) mass is 362 g/mol. The number of nitrogens with one attached hydrogen (secondary N) is 2. The largest absolute Gasteiger partial charge is 0.497 e. The summed E-state index contributed by atoms with van der Waals surface area (Å²) >= 11 is 3.37. The van der Waals surface area contributed by atoms with E-state index in [2.05, 4.69) is 26.8 Å². The van der Waals surface area contributed by atoms with Crippen LogP contribution in [-0.2, 0) is 0 Å². The second kappa shape index (κ2) is 7.09. The molecular formula is C16H15BrN2O3. The Morgan fingerprint density at radius 1 is 0.955 bits per heavy atom. The maximum Gasteiger partial charge on any atom is 0.269 e. The van der Waals surface area contributed by atoms with Crippen molar-refractivity contribution in [2.45, 2.75) is 6.92 Å². The van der Waals surface area contributed by atoms with Gasteiger partial charge in [-0.3, -0.25) is 20.4 Å². The highest BCUT2D eigenvalue weighted by atomic mass is 79.9. The van der Waals surface area contributed by atoms with E-state index in [1.54, 1.807) is 43.5 Å². The Balaban J connectivity index is 1.97. The van der Waals surface area contributed by atoms with Crippen molar-refractivity contribution in [1.29, 1.82) is 0 Å². The van der Waals surface area contributed by atoms with E-state index in [4.69, 9.17) is 4.74 Å². The SMILES string of the molecule is COc1ccc(C(=O)NNC(=O)c2ccc(C)c(Br)c2)cc1. The minimum atomic E-state index is -0.401. The van der Waals surface area contributed by atoms with E-state index in [1.165, 1.54) is 0 Å². The lowest BCUT2D eigenvalue weighted by molar-refractivity contribution is 0.0846. The minimum Gasteiger partial charge on any atom is -0.497 e. The average Bonchev–Trinajstić information content (AvgIpc) is 2.54. The van der Waals surface area contributed by atoms with Gasteiger partial charge in [-0.25, -0.2) is 0 Å². The number of hydrogen-bond donors (Lipinski definition) is 2. The van der Waals surface area contributed by atoms with E-state index >= 15 is 0 Å². The van der Waals surface area contributed by atoms with Gasteiger partial charge < -0.3 is 4.74 Å². The molecule has 0 bridgehead atoms. The summed E-state index contributed by atoms with van der Waals surface area (Å²) < 4.78 is 5.85. The predicted molar refractivity (Wildman–Crippen MR) is 86.8 cm³/mol. The number of carbonyl (C=O) groups is 2. The molecule has 0 aromatic heterocycles. The van der Waals surface area contributed by atoms with Gasteiger partial charge in [0.25, 0.3) is 11.8 Å². The fraction of sp³-hybridized carbons (Fsp3) is 0.125. The van der Waals surface area contributed by atoms with Crippen molar-refractivity contribution < 1.29 is 14.3 Å². The summed E-state index contributed by atoms with van der Waals surface area (Å²) in [6.45, 7) is 1.93. The molecule has 0 saturated heterocycles. The molecule has 22 heavy (non-hydrogen) atoms. The number of methoxy groups -OCH3 is 1. The Bertz CT molecular complexity index is 699. The molecule has 0 aliphatic carbocycles. The number of carbonyl (C=O) groups excluding carboxylic acids is 2. The first-order valence-corrected chi connectivity index (χ1v) is 7.31. The van der Waals surface area contributed by atoms with Crippen LogP contribution < -0.4 is 15.6 Å². The quantitative estimate of drug-likeness (QED) is 0.825. The van der Waals surface area contributed by atoms with Crippen LogP contribution in [0, 0.1) is 6.92 Å². The fourth-order valence-corrected chi connectivity index (χ4v) is 2.11. The number of amides is 2. The Morgan fingerprint density at radius 2 is 1.50 bits per heavy atom. The normalized spacial score (nSPS) is 9.95. The van der Waals surface area contributed by atoms with Crippen LogP contribution in [0.25, 0.3) is 0 Å². The highest BCUT2D eigenvalue weighted by molar-refractivity contribution is 9.10. The van der Waals surface area contributed by atoms with Crippen molar-refractivity contribution in [2.75, 3.05) is 7.11 Å². The van der Waals surface area contributed by atoms with Gasteiger partial charge in [-0.1, -0.05) is 22.0 Å². The molecule has 114 valence electrons. The number of rotatable bonds is 3. The molecule has 0 heterocycles. The van der Waals surface area contributed by atoms with Gasteiger partial charge in [0.2, 0.25) is 0 Å². The molecule has 0 aliphatic rings. The third kappa shape index (κ3) is 3.85. The number of hydrogen-bond acceptors (Lipinski definition) is 3. The van der Waals surface area contributed by atoms with Crippen LogP contribution in [-0.4, -0.2) is 18.9 Å². The van der Waals surface area contributed by atoms with Crippen molar-refractivity contribution >= 4 is 27.7 Å². The number of halogens is 1. The molecule has 5 nitrogen and oxygen atoms in total. The molecule has 2 amide bonds. The van der Waals surface area contributed by atoms with Gasteiger partial charge in [0, 0.05) is 15.6 Å². The van der Waals surface area contributed by atoms with Gasteiger partial charge >= 0.3 is 0 Å². The Hall–Kier alpha value is -2.34. The zero-order valence-electron chi connectivity index (χ0n) is 12.1. The summed E-state index contributed by atoms with van der Waals surface area (Å²) in [5, 5.41) is 0. The molecule has 0 saturated carbocycles. The van der Waals surface area contributed by atoms with Crippen molar-refractivity contribution in [2.24, 2.45) is 0 Å². The van der Waals surface area contributed by atoms with Crippen molar-refractivity contribution in [3.8, 4) is 5.75 Å². The zero-order valence-corrected chi connectivity index (χ0v) is 13.7. The lowest BCUT2D eigenvalue weighted by atomic mass is 10.1. The summed E-state index contributed by atoms with van der Waals surface area (Å²) in [6.07, 6.45) is 0. The lowest BCUT2D eigenvalue weighted by Crippen LogP contribution is -2.41. The number of benzene rings is 2. The van der Waals surface area contributed by atoms with E-state index < -0.39 is 5.91 Å². The number of hydrazine groups is 1. The average molecular weight is 363 g/mol. The van der Waals surface area contributed by atoms with Crippen molar-refractivity contribution in [1.82, 2.24) is 10.9 Å². The molecule has 0 aliphatic heterocycles. The predicted octanol–water partition coefficient (Wildman–Crippen LogP) is 2.84. The molecule has 0 fully saturated rings. The molecule has 6 heteroatoms. The van der Waals surface area contributed by atoms with Gasteiger partial charge in [0.1, 0.15) is 5.75 Å². The first-order chi connectivity index (χ1) is 10.5. The standard InChI is InChI=1S/C16H15BrN2O3/c1-10-3-4-12(9-14(10)17)16(21)19-18-15(20)11-5-7-13(22-2)8-6-11/h3-9H,1-2H3,(H,18,20)(H,19,21). The molecular weight excluding hydrogens is 348 g/mol. The minimum absolute atomic E-state index is 0.387. The summed E-state index contributed by atoms with van der Waals surface area (Å²) in [6, 6.07) is 11.8. The Morgan fingerprint density at radius 3 is 2.05 bits per heavy atom. The summed E-state index contributed by atoms with van der Waals surface area (Å²) in [5.41, 5.74) is 6.66. The van der Waals surface area contributed by atoms with Gasteiger partial charge in [-0.05, 0) is 48.9 Å². The third-order valence-electron chi connectivity index (χ3n) is 3.08. The molecule has 2 aromatic rings. The van der Waals surface area contributed by atoms with Crippen molar-refractivity contribution in [3.63, 3.8) is 0 Å². The smallest absolute Gasteiger partial charge is 0.269 e. The summed E-state index contributed by atoms with van der Waals surface area (Å²) in [4.78, 5) is 23.9. The Kier molecular flexibility index (Phi) is 5.16. The van der Waals surface area contributed by atoms with Gasteiger partial charge in [0.15, 0.2) is 0 Å². The first-order valence-electron chi connectivity index (χ1n) is 6.52. The highest BCUT2D eigenvalue weighted by Gasteiger charge is 2.10. The maximum atomic E-state index is 12.0. The number of aryl methyl sites for hydroxylation is 1. The maximum absolute atomic E-state index is 12.0. The zero-order chi connectivity index (χ0) is 16.1. The van der Waals surface area contributed by atoms with E-state index in [1.807, 2.05) is 13.0 Å². The highest BCUT2D eigenvalue weighted by Crippen LogP contribution is 2.17. The van der Waals surface area contributed by atoms with Crippen LogP contribution in [0.15, 0.2) is 46.9 Å². The number of ether oxygens (including phenoxy) is 1. The van der Waals surface area contributed by atoms with E-state index in [0.717, 1.165) is 10.0 Å². The van der Waals surface area contributed by atoms with Crippen LogP contribution in [0.4, 0.5) is 0 Å². The molecule has 2 rings (SSSR count). The fourth-order valence-electron chi connectivity index (χ4n) is 1.73. The van der Waals surface area contributed by atoms with Crippen LogP contribution in [0.5, 0.6) is 5.75 Å². The van der Waals surface area contributed by atoms with Gasteiger partial charge in [-0.15, -0.1) is 0 Å². The second-order valence-corrected chi connectivity index (χ2v) is 5.46. The van der Waals surface area contributed by atoms with Crippen LogP contribution in [0.3, 0.4) is 0 Å². The first kappa shape index (κ1) is 16.0. The van der Waals surface area contributed by atoms with E-state index in [-0.39, 0.29) is 5.91 Å². The molecule has 0 unspecified atom stereocenters. The summed E-state index contributed by atoms with van der Waals surface area (Å²) in [5.74, 6) is -0.130. The molecule has 0 radical (unpaired) electrons. The third-order valence-corrected chi connectivity index (χ3v) is 3.93. The van der Waals surface area contributed by atoms with Crippen LogP contribution in [0.2, 0.25) is 0 Å². The second-order valence-electron chi connectivity index (χ2n) is 4.60. The molecule has 0 atom stereocenters. The topological polar surface area (TPSA) is 67.4 Å². The lowest BCUT2D eigenvalue weighted by Gasteiger charge is -2.09. The van der Waals surface area contributed by atoms with Gasteiger partial charge in [-0.2, -0.15) is 0 Å². The molecule has 2 N–H and O–H groups in total. The van der Waals surface area contributed by atoms with Crippen LogP contribution in [0.1, 0.15) is 26.3 Å². The molecule has 2 aromatic carbocycles. The Labute approximate surface area is 136 Å². The van der Waals surface area contributed by atoms with Crippen molar-refractivity contribution in [3.05, 3.63) is 63.6 Å². The van der Waals surface area contributed by atoms with Crippen LogP contribution >= 0.6 is 15.9 Å². The van der Waals surface area contributed by atoms with Gasteiger partial charge in [0.05, 0.1) is 7.11 Å². The summed E-state index contributed by atoms with van der Waals surface area (Å²) in [7, 11) is 1.55. The van der Waals surface area contributed by atoms with E-state index in [0.29, 0.717) is 16.9 Å². The van der Waals surface area contributed by atoms with E-state index in [9.17, 15) is 9.59 Å². The molecule has 0 spiro atoms.